The lowest BCUT2D eigenvalue weighted by Gasteiger charge is -2.32. The van der Waals surface area contributed by atoms with Crippen LogP contribution in [0.25, 0.3) is 5.69 Å². The normalized spacial score (nSPS) is 13.9. The fourth-order valence-corrected chi connectivity index (χ4v) is 8.51. The molecule has 0 spiro atoms. The van der Waals surface area contributed by atoms with Crippen LogP contribution in [-0.2, 0) is 35.2 Å². The maximum absolute atomic E-state index is 14.2. The molecule has 1 aliphatic carbocycles. The van der Waals surface area contributed by atoms with E-state index in [1.807, 2.05) is 18.2 Å². The number of amides is 2. The summed E-state index contributed by atoms with van der Waals surface area (Å²) in [6.07, 6.45) is 1.91. The van der Waals surface area contributed by atoms with Crippen LogP contribution in [0, 0.1) is 5.41 Å². The molecule has 55 heavy (non-hydrogen) atoms. The topological polar surface area (TPSA) is 125 Å². The SMILES string of the molecule is CCC(CC)N(CCN(C)C(=O)CCC(=O)O)Cc1cccc(C(=O)Nc2sc3c(c2C(=O)c2cnn(-c4cccc(C(F)(F)F)c4)c2)CCC(C)(C)C3)c1. The van der Waals surface area contributed by atoms with Crippen molar-refractivity contribution in [2.75, 3.05) is 25.5 Å². The lowest BCUT2D eigenvalue weighted by atomic mass is 9.76. The number of ketones is 1. The van der Waals surface area contributed by atoms with Gasteiger partial charge in [-0.1, -0.05) is 45.9 Å². The number of carbonyl (C=O) groups excluding carboxylic acids is 3. The molecule has 1 aliphatic rings. The summed E-state index contributed by atoms with van der Waals surface area (Å²) in [5, 5.41) is 16.6. The van der Waals surface area contributed by atoms with Gasteiger partial charge < -0.3 is 15.3 Å². The van der Waals surface area contributed by atoms with Crippen molar-refractivity contribution < 1.29 is 37.5 Å². The van der Waals surface area contributed by atoms with E-state index in [0.717, 1.165) is 53.8 Å². The lowest BCUT2D eigenvalue weighted by Crippen LogP contribution is -2.41. The first kappa shape index (κ1) is 41.3. The summed E-state index contributed by atoms with van der Waals surface area (Å²) in [5.41, 5.74) is 2.09. The third-order valence-corrected chi connectivity index (χ3v) is 11.4. The van der Waals surface area contributed by atoms with Gasteiger partial charge in [-0.25, -0.2) is 4.68 Å². The molecule has 10 nitrogen and oxygen atoms in total. The van der Waals surface area contributed by atoms with E-state index in [1.54, 1.807) is 18.0 Å². The molecule has 0 bridgehead atoms. The number of alkyl halides is 3. The van der Waals surface area contributed by atoms with Crippen molar-refractivity contribution in [2.24, 2.45) is 5.41 Å². The number of thiophene rings is 1. The van der Waals surface area contributed by atoms with Gasteiger partial charge >= 0.3 is 12.1 Å². The number of fused-ring (bicyclic) bond motifs is 1. The Morgan fingerprint density at radius 2 is 1.75 bits per heavy atom. The molecule has 4 aromatic rings. The number of halogens is 3. The number of aliphatic carboxylic acids is 1. The number of likely N-dealkylation sites (N-methyl/N-ethyl adjacent to an activating group) is 1. The van der Waals surface area contributed by atoms with Gasteiger partial charge in [0.1, 0.15) is 5.00 Å². The first-order chi connectivity index (χ1) is 26.0. The van der Waals surface area contributed by atoms with E-state index in [1.165, 1.54) is 40.5 Å². The summed E-state index contributed by atoms with van der Waals surface area (Å²) in [4.78, 5) is 56.4. The Kier molecular flexibility index (Phi) is 13.0. The van der Waals surface area contributed by atoms with Crippen LogP contribution in [0.1, 0.15) is 108 Å². The standard InChI is InChI=1S/C41H48F3N5O5S/c1-6-30(7-2)48(19-18-47(5)34(50)14-15-35(51)52)24-26-10-8-11-27(20-26)38(54)46-39-36(32-16-17-40(3,4)22-33(32)55-39)37(53)28-23-45-49(25-28)31-13-9-12-29(21-31)41(42,43)44/h8-13,20-21,23,25,30H,6-7,14-19,22,24H2,1-5H3,(H,46,54)(H,51,52). The van der Waals surface area contributed by atoms with Crippen molar-refractivity contribution in [3.05, 3.63) is 99.2 Å². The minimum atomic E-state index is -4.53. The number of anilines is 1. The Labute approximate surface area is 323 Å². The van der Waals surface area contributed by atoms with Gasteiger partial charge in [-0.15, -0.1) is 11.3 Å². The van der Waals surface area contributed by atoms with Crippen molar-refractivity contribution >= 4 is 39.9 Å². The Bertz CT molecular complexity index is 2030. The highest BCUT2D eigenvalue weighted by molar-refractivity contribution is 7.17. The van der Waals surface area contributed by atoms with Gasteiger partial charge in [0.15, 0.2) is 5.78 Å². The summed E-state index contributed by atoms with van der Waals surface area (Å²) in [5.74, 6) is -2.00. The first-order valence-electron chi connectivity index (χ1n) is 18.5. The Hall–Kier alpha value is -4.82. The second-order valence-electron chi connectivity index (χ2n) is 14.9. The molecular formula is C41H48F3N5O5S. The highest BCUT2D eigenvalue weighted by atomic mass is 32.1. The Balaban J connectivity index is 1.38. The number of hydrogen-bond acceptors (Lipinski definition) is 7. The molecule has 0 aliphatic heterocycles. The fraction of sp³-hybridized carbons (Fsp3) is 0.439. The summed E-state index contributed by atoms with van der Waals surface area (Å²) >= 11 is 1.38. The third kappa shape index (κ3) is 10.3. The molecule has 2 aromatic heterocycles. The van der Waals surface area contributed by atoms with Gasteiger partial charge in [0.05, 0.1) is 35.0 Å². The van der Waals surface area contributed by atoms with Crippen LogP contribution >= 0.6 is 11.3 Å². The molecular weight excluding hydrogens is 732 g/mol. The Morgan fingerprint density at radius 3 is 2.44 bits per heavy atom. The summed E-state index contributed by atoms with van der Waals surface area (Å²) in [6, 6.07) is 12.2. The summed E-state index contributed by atoms with van der Waals surface area (Å²) in [6.45, 7) is 10.0. The maximum Gasteiger partial charge on any atom is 0.416 e. The van der Waals surface area contributed by atoms with E-state index in [-0.39, 0.29) is 53.1 Å². The van der Waals surface area contributed by atoms with Crippen LogP contribution in [-0.4, -0.2) is 74.4 Å². The van der Waals surface area contributed by atoms with Crippen molar-refractivity contribution in [1.82, 2.24) is 19.6 Å². The minimum Gasteiger partial charge on any atom is -0.481 e. The van der Waals surface area contributed by atoms with Crippen LogP contribution in [0.15, 0.2) is 60.9 Å². The molecule has 2 heterocycles. The van der Waals surface area contributed by atoms with Crippen LogP contribution in [0.2, 0.25) is 0 Å². The van der Waals surface area contributed by atoms with Gasteiger partial charge in [-0.05, 0) is 79.0 Å². The zero-order valence-corrected chi connectivity index (χ0v) is 32.6. The highest BCUT2D eigenvalue weighted by Crippen LogP contribution is 2.45. The molecule has 0 radical (unpaired) electrons. The number of rotatable bonds is 16. The number of aromatic nitrogens is 2. The minimum absolute atomic E-state index is 0.00342. The summed E-state index contributed by atoms with van der Waals surface area (Å²) < 4.78 is 41.5. The van der Waals surface area contributed by atoms with Crippen LogP contribution in [0.4, 0.5) is 18.2 Å². The van der Waals surface area contributed by atoms with Gasteiger partial charge in [0.25, 0.3) is 5.91 Å². The maximum atomic E-state index is 14.2. The fourth-order valence-electron chi connectivity index (χ4n) is 7.01. The molecule has 0 saturated carbocycles. The van der Waals surface area contributed by atoms with Crippen molar-refractivity contribution in [2.45, 2.75) is 91.4 Å². The van der Waals surface area contributed by atoms with E-state index in [2.05, 4.69) is 43.0 Å². The van der Waals surface area contributed by atoms with Gasteiger partial charge in [0.2, 0.25) is 5.91 Å². The molecule has 294 valence electrons. The van der Waals surface area contributed by atoms with Crippen molar-refractivity contribution in [1.29, 1.82) is 0 Å². The molecule has 0 fully saturated rings. The van der Waals surface area contributed by atoms with E-state index in [9.17, 15) is 32.3 Å². The molecule has 2 N–H and O–H groups in total. The van der Waals surface area contributed by atoms with Crippen LogP contribution < -0.4 is 5.32 Å². The average Bonchev–Trinajstić information content (AvgIpc) is 3.77. The lowest BCUT2D eigenvalue weighted by molar-refractivity contribution is -0.140. The number of nitrogens with zero attached hydrogens (tertiary/aromatic N) is 4. The van der Waals surface area contributed by atoms with Crippen molar-refractivity contribution in [3.8, 4) is 5.69 Å². The quantitative estimate of drug-likeness (QED) is 0.110. The van der Waals surface area contributed by atoms with E-state index in [4.69, 9.17) is 5.11 Å². The third-order valence-electron chi connectivity index (χ3n) is 10.3. The average molecular weight is 780 g/mol. The van der Waals surface area contributed by atoms with Crippen molar-refractivity contribution in [3.63, 3.8) is 0 Å². The molecule has 2 aromatic carbocycles. The first-order valence-corrected chi connectivity index (χ1v) is 19.3. The molecule has 5 rings (SSSR count). The number of carboxylic acid groups (broad SMARTS) is 1. The molecule has 0 atom stereocenters. The monoisotopic (exact) mass is 779 g/mol. The number of carbonyl (C=O) groups is 4. The van der Waals surface area contributed by atoms with Gasteiger partial charge in [-0.2, -0.15) is 18.3 Å². The predicted octanol–water partition coefficient (Wildman–Crippen LogP) is 8.26. The number of benzene rings is 2. The van der Waals surface area contributed by atoms with Crippen LogP contribution in [0.5, 0.6) is 0 Å². The predicted molar refractivity (Wildman–Crippen MR) is 206 cm³/mol. The molecule has 2 amide bonds. The zero-order chi connectivity index (χ0) is 40.1. The van der Waals surface area contributed by atoms with Gasteiger partial charge in [-0.3, -0.25) is 24.1 Å². The Morgan fingerprint density at radius 1 is 1.02 bits per heavy atom. The summed E-state index contributed by atoms with van der Waals surface area (Å²) in [7, 11) is 1.67. The van der Waals surface area contributed by atoms with Gasteiger partial charge in [0, 0.05) is 55.8 Å². The van der Waals surface area contributed by atoms with E-state index >= 15 is 0 Å². The van der Waals surface area contributed by atoms with Crippen LogP contribution in [0.3, 0.4) is 0 Å². The van der Waals surface area contributed by atoms with E-state index in [0.29, 0.717) is 42.2 Å². The highest BCUT2D eigenvalue weighted by Gasteiger charge is 2.34. The molecule has 0 saturated heterocycles. The smallest absolute Gasteiger partial charge is 0.416 e. The second kappa shape index (κ2) is 17.3. The largest absolute Gasteiger partial charge is 0.481 e. The number of nitrogens with one attached hydrogen (secondary N) is 1. The van der Waals surface area contributed by atoms with E-state index < -0.39 is 17.7 Å². The second-order valence-corrected chi connectivity index (χ2v) is 16.0. The number of carboxylic acids is 1. The molecule has 14 heteroatoms. The zero-order valence-electron chi connectivity index (χ0n) is 31.8. The molecule has 0 unspecified atom stereocenters. The number of hydrogen-bond donors (Lipinski definition) is 2.